The standard InChI is InChI=1S/C54H94O6/c1-4-7-10-13-16-19-22-24-26-27-28-30-32-35-38-41-44-47-53(56)59-50-51(49-58-52(55)46-43-40-37-34-31-21-18-15-12-9-6-3)60-54(57)48-45-42-39-36-33-29-25-23-20-17-14-11-8-5-2/h7,10,14,16-17,19,23-26,51H,4-6,8-9,11-13,15,18,20-22,27-50H2,1-3H3/b10-7-,17-14-,19-16-,25-23-,26-24-. The van der Waals surface area contributed by atoms with Gasteiger partial charge in [-0.2, -0.15) is 0 Å². The van der Waals surface area contributed by atoms with Crippen LogP contribution in [-0.4, -0.2) is 37.2 Å². The van der Waals surface area contributed by atoms with Crippen LogP contribution < -0.4 is 0 Å². The summed E-state index contributed by atoms with van der Waals surface area (Å²) in [4.78, 5) is 37.9. The Kier molecular flexibility index (Phi) is 46.4. The molecule has 0 amide bonds. The van der Waals surface area contributed by atoms with Gasteiger partial charge in [0.05, 0.1) is 0 Å². The van der Waals surface area contributed by atoms with Crippen LogP contribution in [0.4, 0.5) is 0 Å². The van der Waals surface area contributed by atoms with Crippen LogP contribution in [0.5, 0.6) is 0 Å². The highest BCUT2D eigenvalue weighted by atomic mass is 16.6. The Hall–Kier alpha value is -2.89. The fraction of sp³-hybridized carbons (Fsp3) is 0.759. The minimum atomic E-state index is -0.782. The van der Waals surface area contributed by atoms with Crippen molar-refractivity contribution in [2.75, 3.05) is 13.2 Å². The van der Waals surface area contributed by atoms with Crippen molar-refractivity contribution in [2.24, 2.45) is 0 Å². The molecule has 0 saturated heterocycles. The maximum Gasteiger partial charge on any atom is 0.306 e. The number of allylic oxidation sites excluding steroid dienone is 10. The molecule has 0 N–H and O–H groups in total. The lowest BCUT2D eigenvalue weighted by molar-refractivity contribution is -0.167. The molecule has 0 spiro atoms. The van der Waals surface area contributed by atoms with E-state index in [0.717, 1.165) is 109 Å². The van der Waals surface area contributed by atoms with Crippen molar-refractivity contribution in [1.82, 2.24) is 0 Å². The van der Waals surface area contributed by atoms with E-state index in [1.165, 1.54) is 96.3 Å². The molecule has 6 nitrogen and oxygen atoms in total. The predicted molar refractivity (Wildman–Crippen MR) is 256 cm³/mol. The van der Waals surface area contributed by atoms with Gasteiger partial charge >= 0.3 is 17.9 Å². The van der Waals surface area contributed by atoms with E-state index in [9.17, 15) is 14.4 Å². The first kappa shape index (κ1) is 57.1. The van der Waals surface area contributed by atoms with E-state index in [1.54, 1.807) is 0 Å². The summed E-state index contributed by atoms with van der Waals surface area (Å²) >= 11 is 0. The lowest BCUT2D eigenvalue weighted by atomic mass is 10.1. The van der Waals surface area contributed by atoms with Gasteiger partial charge in [-0.15, -0.1) is 0 Å². The molecule has 0 aliphatic heterocycles. The number of rotatable bonds is 45. The number of unbranched alkanes of at least 4 members (excludes halogenated alkanes) is 24. The molecule has 0 radical (unpaired) electrons. The molecule has 346 valence electrons. The predicted octanol–water partition coefficient (Wildman–Crippen LogP) is 16.5. The molecule has 0 aliphatic rings. The molecule has 6 heteroatoms. The summed E-state index contributed by atoms with van der Waals surface area (Å²) < 4.78 is 16.8. The molecule has 0 aromatic rings. The summed E-state index contributed by atoms with van der Waals surface area (Å²) in [6.45, 7) is 6.46. The highest BCUT2D eigenvalue weighted by Crippen LogP contribution is 2.14. The van der Waals surface area contributed by atoms with Crippen LogP contribution in [0.25, 0.3) is 0 Å². The monoisotopic (exact) mass is 839 g/mol. The third-order valence-corrected chi connectivity index (χ3v) is 10.8. The van der Waals surface area contributed by atoms with Gasteiger partial charge in [0, 0.05) is 19.3 Å². The first-order chi connectivity index (χ1) is 29.5. The second-order valence-corrected chi connectivity index (χ2v) is 16.7. The van der Waals surface area contributed by atoms with Crippen LogP contribution in [0.15, 0.2) is 60.8 Å². The van der Waals surface area contributed by atoms with Gasteiger partial charge in [-0.1, -0.05) is 210 Å². The van der Waals surface area contributed by atoms with Crippen LogP contribution in [0, 0.1) is 0 Å². The number of esters is 3. The highest BCUT2D eigenvalue weighted by Gasteiger charge is 2.19. The van der Waals surface area contributed by atoms with E-state index in [-0.39, 0.29) is 31.1 Å². The molecule has 1 atom stereocenters. The summed E-state index contributed by atoms with van der Waals surface area (Å²) in [6, 6.07) is 0. The van der Waals surface area contributed by atoms with E-state index >= 15 is 0 Å². The fourth-order valence-corrected chi connectivity index (χ4v) is 6.94. The van der Waals surface area contributed by atoms with Crippen molar-refractivity contribution in [3.63, 3.8) is 0 Å². The van der Waals surface area contributed by atoms with Crippen LogP contribution in [0.1, 0.15) is 245 Å². The van der Waals surface area contributed by atoms with E-state index in [2.05, 4.69) is 81.5 Å². The second kappa shape index (κ2) is 48.8. The molecule has 0 aliphatic carbocycles. The summed E-state index contributed by atoms with van der Waals surface area (Å²) in [5, 5.41) is 0. The van der Waals surface area contributed by atoms with Crippen LogP contribution in [0.2, 0.25) is 0 Å². The molecular formula is C54H94O6. The minimum Gasteiger partial charge on any atom is -0.462 e. The van der Waals surface area contributed by atoms with Crippen molar-refractivity contribution >= 4 is 17.9 Å². The Labute approximate surface area is 370 Å². The molecule has 0 aromatic heterocycles. The zero-order chi connectivity index (χ0) is 43.7. The molecule has 0 rings (SSSR count). The third kappa shape index (κ3) is 46.2. The van der Waals surface area contributed by atoms with Crippen LogP contribution in [0.3, 0.4) is 0 Å². The Balaban J connectivity index is 4.39. The van der Waals surface area contributed by atoms with Crippen molar-refractivity contribution < 1.29 is 28.6 Å². The van der Waals surface area contributed by atoms with Crippen molar-refractivity contribution in [3.05, 3.63) is 60.8 Å². The normalized spacial score (nSPS) is 12.5. The molecule has 60 heavy (non-hydrogen) atoms. The molecule has 0 fully saturated rings. The smallest absolute Gasteiger partial charge is 0.306 e. The maximum atomic E-state index is 12.8. The quantitative estimate of drug-likeness (QED) is 0.0263. The summed E-state index contributed by atoms with van der Waals surface area (Å²) in [6.07, 6.45) is 59.1. The molecule has 0 saturated carbocycles. The topological polar surface area (TPSA) is 78.9 Å². The number of carbonyl (C=O) groups is 3. The summed E-state index contributed by atoms with van der Waals surface area (Å²) in [5.74, 6) is -0.903. The lowest BCUT2D eigenvalue weighted by Crippen LogP contribution is -2.30. The zero-order valence-electron chi connectivity index (χ0n) is 39.5. The Bertz CT molecular complexity index is 1100. The second-order valence-electron chi connectivity index (χ2n) is 16.7. The highest BCUT2D eigenvalue weighted by molar-refractivity contribution is 5.71. The van der Waals surface area contributed by atoms with E-state index < -0.39 is 6.10 Å². The third-order valence-electron chi connectivity index (χ3n) is 10.8. The minimum absolute atomic E-state index is 0.0816. The van der Waals surface area contributed by atoms with E-state index in [4.69, 9.17) is 14.2 Å². The van der Waals surface area contributed by atoms with Crippen molar-refractivity contribution in [3.8, 4) is 0 Å². The molecule has 0 aromatic carbocycles. The van der Waals surface area contributed by atoms with Gasteiger partial charge in [-0.3, -0.25) is 14.4 Å². The Morgan fingerprint density at radius 1 is 0.350 bits per heavy atom. The number of hydrogen-bond acceptors (Lipinski definition) is 6. The van der Waals surface area contributed by atoms with Gasteiger partial charge in [-0.25, -0.2) is 0 Å². The number of ether oxygens (including phenoxy) is 3. The first-order valence-electron chi connectivity index (χ1n) is 25.3. The van der Waals surface area contributed by atoms with Crippen molar-refractivity contribution in [2.45, 2.75) is 252 Å². The number of carbonyl (C=O) groups excluding carboxylic acids is 3. The van der Waals surface area contributed by atoms with Gasteiger partial charge in [0.1, 0.15) is 13.2 Å². The van der Waals surface area contributed by atoms with Gasteiger partial charge in [0.15, 0.2) is 6.10 Å². The number of hydrogen-bond donors (Lipinski definition) is 0. The Morgan fingerprint density at radius 3 is 1.07 bits per heavy atom. The SMILES string of the molecule is CC/C=C\C/C=C\C/C=C\CCCCCCCCCC(=O)OCC(COC(=O)CCCCCCCCCCCCC)OC(=O)CCCCCCC/C=C\C/C=C\CCCC. The molecule has 0 bridgehead atoms. The largest absolute Gasteiger partial charge is 0.462 e. The van der Waals surface area contributed by atoms with Gasteiger partial charge in [-0.05, 0) is 77.0 Å². The van der Waals surface area contributed by atoms with Crippen LogP contribution in [-0.2, 0) is 28.6 Å². The molecule has 1 unspecified atom stereocenters. The van der Waals surface area contributed by atoms with E-state index in [1.807, 2.05) is 0 Å². The lowest BCUT2D eigenvalue weighted by Gasteiger charge is -2.18. The van der Waals surface area contributed by atoms with Gasteiger partial charge < -0.3 is 14.2 Å². The summed E-state index contributed by atoms with van der Waals surface area (Å²) in [5.41, 5.74) is 0. The van der Waals surface area contributed by atoms with Gasteiger partial charge in [0.2, 0.25) is 0 Å². The fourth-order valence-electron chi connectivity index (χ4n) is 6.94. The van der Waals surface area contributed by atoms with Crippen molar-refractivity contribution in [1.29, 1.82) is 0 Å². The van der Waals surface area contributed by atoms with Gasteiger partial charge in [0.25, 0.3) is 0 Å². The maximum absolute atomic E-state index is 12.8. The average Bonchev–Trinajstić information content (AvgIpc) is 3.24. The first-order valence-corrected chi connectivity index (χ1v) is 25.3. The molecular weight excluding hydrogens is 745 g/mol. The van der Waals surface area contributed by atoms with E-state index in [0.29, 0.717) is 19.3 Å². The average molecular weight is 839 g/mol. The zero-order valence-corrected chi connectivity index (χ0v) is 39.5. The summed E-state index contributed by atoms with van der Waals surface area (Å²) in [7, 11) is 0. The Morgan fingerprint density at radius 2 is 0.667 bits per heavy atom. The van der Waals surface area contributed by atoms with Crippen LogP contribution >= 0.6 is 0 Å². The molecule has 0 heterocycles.